The van der Waals surface area contributed by atoms with Gasteiger partial charge < -0.3 is 15.0 Å². The van der Waals surface area contributed by atoms with Crippen LogP contribution >= 0.6 is 11.6 Å². The van der Waals surface area contributed by atoms with Crippen molar-refractivity contribution in [1.82, 2.24) is 9.97 Å². The molecular weight excluding hydrogens is 316 g/mol. The number of nitrogens with zero attached hydrogens (tertiary/aromatic N) is 3. The quantitative estimate of drug-likeness (QED) is 0.932. The highest BCUT2D eigenvalue weighted by Crippen LogP contribution is 2.24. The molecule has 1 N–H and O–H groups in total. The Hall–Kier alpha value is -2.34. The summed E-state index contributed by atoms with van der Waals surface area (Å²) in [6, 6.07) is 6.68. The van der Waals surface area contributed by atoms with Gasteiger partial charge >= 0.3 is 0 Å². The lowest BCUT2D eigenvalue weighted by atomic mass is 10.2. The van der Waals surface area contributed by atoms with Gasteiger partial charge in [-0.2, -0.15) is 0 Å². The number of ether oxygens (including phenoxy) is 1. The molecule has 1 aliphatic heterocycles. The molecule has 0 bridgehead atoms. The molecule has 1 aromatic heterocycles. The second-order valence-electron chi connectivity index (χ2n) is 5.25. The molecule has 120 valence electrons. The number of aromatic nitrogens is 2. The summed E-state index contributed by atoms with van der Waals surface area (Å²) in [4.78, 5) is 23.0. The van der Waals surface area contributed by atoms with E-state index >= 15 is 0 Å². The van der Waals surface area contributed by atoms with Crippen molar-refractivity contribution in [3.63, 3.8) is 0 Å². The fourth-order valence-corrected chi connectivity index (χ4v) is 2.75. The maximum atomic E-state index is 12.5. The smallest absolute Gasteiger partial charge is 0.260 e. The summed E-state index contributed by atoms with van der Waals surface area (Å²) in [5.41, 5.74) is 0.362. The van der Waals surface area contributed by atoms with E-state index in [1.807, 2.05) is 0 Å². The van der Waals surface area contributed by atoms with Gasteiger partial charge in [0.1, 0.15) is 23.7 Å². The van der Waals surface area contributed by atoms with Gasteiger partial charge in [0.25, 0.3) is 5.91 Å². The first-order valence-corrected chi connectivity index (χ1v) is 7.77. The second-order valence-corrected chi connectivity index (χ2v) is 5.69. The van der Waals surface area contributed by atoms with Crippen LogP contribution < -0.4 is 15.0 Å². The van der Waals surface area contributed by atoms with Crippen LogP contribution in [0.1, 0.15) is 23.2 Å². The summed E-state index contributed by atoms with van der Waals surface area (Å²) >= 11 is 5.96. The van der Waals surface area contributed by atoms with Crippen LogP contribution in [0, 0.1) is 0 Å². The predicted octanol–water partition coefficient (Wildman–Crippen LogP) is 2.99. The minimum atomic E-state index is -0.324. The largest absolute Gasteiger partial charge is 0.496 e. The van der Waals surface area contributed by atoms with Crippen molar-refractivity contribution in [2.45, 2.75) is 12.8 Å². The Labute approximate surface area is 139 Å². The summed E-state index contributed by atoms with van der Waals surface area (Å²) in [6.45, 7) is 1.96. The summed E-state index contributed by atoms with van der Waals surface area (Å²) < 4.78 is 5.20. The zero-order valence-electron chi connectivity index (χ0n) is 12.8. The number of amides is 1. The van der Waals surface area contributed by atoms with Crippen LogP contribution in [0.5, 0.6) is 5.75 Å². The standard InChI is InChI=1S/C16H17ClN4O2/c1-23-13-5-4-11(17)8-12(13)16(22)20-14-9-15(19-10-18-14)21-6-2-3-7-21/h4-5,8-10H,2-3,6-7H2,1H3,(H,18,19,20,22). The number of anilines is 2. The van der Waals surface area contributed by atoms with Crippen LogP contribution in [0.2, 0.25) is 5.02 Å². The topological polar surface area (TPSA) is 67.3 Å². The summed E-state index contributed by atoms with van der Waals surface area (Å²) in [5.74, 6) is 1.41. The van der Waals surface area contributed by atoms with Gasteiger partial charge in [0.15, 0.2) is 0 Å². The van der Waals surface area contributed by atoms with E-state index in [1.54, 1.807) is 24.3 Å². The van der Waals surface area contributed by atoms with Crippen LogP contribution in [0.3, 0.4) is 0 Å². The fraction of sp³-hybridized carbons (Fsp3) is 0.312. The minimum absolute atomic E-state index is 0.324. The van der Waals surface area contributed by atoms with Gasteiger partial charge in [0.05, 0.1) is 12.7 Å². The van der Waals surface area contributed by atoms with E-state index in [9.17, 15) is 4.79 Å². The van der Waals surface area contributed by atoms with E-state index in [0.717, 1.165) is 31.7 Å². The minimum Gasteiger partial charge on any atom is -0.496 e. The highest BCUT2D eigenvalue weighted by molar-refractivity contribution is 6.31. The van der Waals surface area contributed by atoms with Crippen molar-refractivity contribution in [1.29, 1.82) is 0 Å². The molecule has 3 rings (SSSR count). The normalized spacial score (nSPS) is 13.9. The Morgan fingerprint density at radius 1 is 1.26 bits per heavy atom. The molecule has 1 saturated heterocycles. The number of carbonyl (C=O) groups is 1. The van der Waals surface area contributed by atoms with Crippen LogP contribution in [-0.2, 0) is 0 Å². The van der Waals surface area contributed by atoms with Gasteiger partial charge in [0, 0.05) is 24.2 Å². The molecule has 2 aromatic rings. The molecule has 0 unspecified atom stereocenters. The van der Waals surface area contributed by atoms with E-state index in [-0.39, 0.29) is 5.91 Å². The molecule has 0 radical (unpaired) electrons. The Morgan fingerprint density at radius 3 is 2.78 bits per heavy atom. The van der Waals surface area contributed by atoms with Crippen molar-refractivity contribution in [3.8, 4) is 5.75 Å². The lowest BCUT2D eigenvalue weighted by molar-refractivity contribution is 0.102. The highest BCUT2D eigenvalue weighted by atomic mass is 35.5. The van der Waals surface area contributed by atoms with Gasteiger partial charge in [-0.3, -0.25) is 4.79 Å². The molecule has 23 heavy (non-hydrogen) atoms. The maximum absolute atomic E-state index is 12.5. The molecule has 0 saturated carbocycles. The number of methoxy groups -OCH3 is 1. The van der Waals surface area contributed by atoms with E-state index in [4.69, 9.17) is 16.3 Å². The lowest BCUT2D eigenvalue weighted by Gasteiger charge is -2.16. The number of nitrogens with one attached hydrogen (secondary N) is 1. The van der Waals surface area contributed by atoms with Gasteiger partial charge in [0.2, 0.25) is 0 Å². The van der Waals surface area contributed by atoms with E-state index < -0.39 is 0 Å². The molecule has 6 nitrogen and oxygen atoms in total. The third-order valence-corrected chi connectivity index (χ3v) is 3.97. The molecule has 1 fully saturated rings. The Bertz CT molecular complexity index is 717. The summed E-state index contributed by atoms with van der Waals surface area (Å²) in [5, 5.41) is 3.24. The first-order valence-electron chi connectivity index (χ1n) is 7.39. The number of rotatable bonds is 4. The zero-order chi connectivity index (χ0) is 16.2. The van der Waals surface area contributed by atoms with Gasteiger partial charge in [-0.15, -0.1) is 0 Å². The maximum Gasteiger partial charge on any atom is 0.260 e. The number of benzene rings is 1. The van der Waals surface area contributed by atoms with Crippen molar-refractivity contribution in [2.24, 2.45) is 0 Å². The molecule has 7 heteroatoms. The Balaban J connectivity index is 1.80. The SMILES string of the molecule is COc1ccc(Cl)cc1C(=O)Nc1cc(N2CCCC2)ncn1. The van der Waals surface area contributed by atoms with E-state index in [2.05, 4.69) is 20.2 Å². The molecule has 0 spiro atoms. The summed E-state index contributed by atoms with van der Waals surface area (Å²) in [7, 11) is 1.51. The van der Waals surface area contributed by atoms with Gasteiger partial charge in [-0.05, 0) is 31.0 Å². The van der Waals surface area contributed by atoms with Crippen molar-refractivity contribution in [3.05, 3.63) is 41.2 Å². The van der Waals surface area contributed by atoms with Crippen molar-refractivity contribution < 1.29 is 9.53 Å². The second kappa shape index (κ2) is 6.83. The fourth-order valence-electron chi connectivity index (χ4n) is 2.58. The molecule has 1 amide bonds. The van der Waals surface area contributed by atoms with Crippen LogP contribution in [0.25, 0.3) is 0 Å². The molecule has 0 aliphatic carbocycles. The average Bonchev–Trinajstić information content (AvgIpc) is 3.09. The number of halogens is 1. The molecule has 2 heterocycles. The third-order valence-electron chi connectivity index (χ3n) is 3.73. The zero-order valence-corrected chi connectivity index (χ0v) is 13.5. The van der Waals surface area contributed by atoms with Crippen LogP contribution in [-0.4, -0.2) is 36.1 Å². The van der Waals surface area contributed by atoms with Crippen LogP contribution in [0.4, 0.5) is 11.6 Å². The summed E-state index contributed by atoms with van der Waals surface area (Å²) in [6.07, 6.45) is 3.77. The van der Waals surface area contributed by atoms with E-state index in [0.29, 0.717) is 22.2 Å². The average molecular weight is 333 g/mol. The Kier molecular flexibility index (Phi) is 4.62. The van der Waals surface area contributed by atoms with E-state index in [1.165, 1.54) is 13.4 Å². The first-order chi connectivity index (χ1) is 11.2. The molecule has 1 aliphatic rings. The van der Waals surface area contributed by atoms with Crippen molar-refractivity contribution >= 4 is 29.1 Å². The molecule has 0 atom stereocenters. The van der Waals surface area contributed by atoms with Crippen LogP contribution in [0.15, 0.2) is 30.6 Å². The van der Waals surface area contributed by atoms with Crippen molar-refractivity contribution in [2.75, 3.05) is 30.4 Å². The Morgan fingerprint density at radius 2 is 2.04 bits per heavy atom. The number of hydrogen-bond donors (Lipinski definition) is 1. The predicted molar refractivity (Wildman–Crippen MR) is 89.4 cm³/mol. The lowest BCUT2D eigenvalue weighted by Crippen LogP contribution is -2.20. The highest BCUT2D eigenvalue weighted by Gasteiger charge is 2.17. The number of carbonyl (C=O) groups excluding carboxylic acids is 1. The first kappa shape index (κ1) is 15.6. The molecular formula is C16H17ClN4O2. The monoisotopic (exact) mass is 332 g/mol. The van der Waals surface area contributed by atoms with Gasteiger partial charge in [-0.1, -0.05) is 11.6 Å². The molecule has 1 aromatic carbocycles. The number of hydrogen-bond acceptors (Lipinski definition) is 5. The van der Waals surface area contributed by atoms with Gasteiger partial charge in [-0.25, -0.2) is 9.97 Å². The third kappa shape index (κ3) is 3.53.